The third-order valence-corrected chi connectivity index (χ3v) is 14.5. The number of esters is 1. The Morgan fingerprint density at radius 2 is 0.739 bits per heavy atom. The van der Waals surface area contributed by atoms with Gasteiger partial charge in [0, 0.05) is 12.8 Å². The Hall–Kier alpha value is -1.66. The van der Waals surface area contributed by atoms with Crippen molar-refractivity contribution >= 4 is 11.9 Å². The molecule has 0 radical (unpaired) electrons. The summed E-state index contributed by atoms with van der Waals surface area (Å²) in [6.45, 7) is 4.91. The zero-order valence-electron chi connectivity index (χ0n) is 46.6. The highest BCUT2D eigenvalue weighted by Gasteiger charge is 2.20. The van der Waals surface area contributed by atoms with Gasteiger partial charge in [-0.1, -0.05) is 301 Å². The van der Waals surface area contributed by atoms with Crippen molar-refractivity contribution in [3.63, 3.8) is 0 Å². The first kappa shape index (κ1) is 67.3. The van der Waals surface area contributed by atoms with Crippen molar-refractivity contribution in [1.82, 2.24) is 5.32 Å². The van der Waals surface area contributed by atoms with Crippen molar-refractivity contribution < 1.29 is 24.5 Å². The van der Waals surface area contributed by atoms with E-state index in [1.165, 1.54) is 250 Å². The molecule has 0 aromatic rings. The van der Waals surface area contributed by atoms with Gasteiger partial charge in [-0.2, -0.15) is 0 Å². The number of nitrogens with one attached hydrogen (secondary N) is 1. The normalized spacial score (nSPS) is 12.7. The van der Waals surface area contributed by atoms with Crippen LogP contribution in [0.25, 0.3) is 0 Å². The second-order valence-corrected chi connectivity index (χ2v) is 21.4. The van der Waals surface area contributed by atoms with Gasteiger partial charge in [0.15, 0.2) is 0 Å². The van der Waals surface area contributed by atoms with Crippen LogP contribution in [0.5, 0.6) is 0 Å². The van der Waals surface area contributed by atoms with Crippen LogP contribution in [0.15, 0.2) is 24.3 Å². The molecule has 1 amide bonds. The molecule has 69 heavy (non-hydrogen) atoms. The summed E-state index contributed by atoms with van der Waals surface area (Å²) >= 11 is 0. The molecular formula is C63H121NO5. The molecule has 6 heteroatoms. The molecule has 408 valence electrons. The molecule has 2 unspecified atom stereocenters. The zero-order chi connectivity index (χ0) is 50.0. The highest BCUT2D eigenvalue weighted by molar-refractivity contribution is 5.76. The van der Waals surface area contributed by atoms with E-state index in [1.54, 1.807) is 0 Å². The van der Waals surface area contributed by atoms with Crippen LogP contribution in [0.1, 0.15) is 341 Å². The standard InChI is InChI=1S/C63H121NO5/c1-3-5-7-9-11-13-15-17-19-20-21-22-23-24-25-26-28-31-35-39-43-47-51-55-61(66)60(59-65)64-62(67)56-52-48-44-40-36-32-29-27-30-34-38-42-46-50-54-58-69-63(68)57-53-49-45-41-37-33-18-16-14-12-10-8-6-4-2/h10,12,16,18,60-61,65-66H,3-9,11,13-15,17,19-59H2,1-2H3,(H,64,67)/b12-10-,18-16-. The molecule has 0 aromatic heterocycles. The van der Waals surface area contributed by atoms with E-state index in [1.807, 2.05) is 0 Å². The fourth-order valence-corrected chi connectivity index (χ4v) is 9.72. The van der Waals surface area contributed by atoms with Crippen molar-refractivity contribution in [2.75, 3.05) is 13.2 Å². The van der Waals surface area contributed by atoms with Crippen LogP contribution in [0.4, 0.5) is 0 Å². The van der Waals surface area contributed by atoms with Crippen LogP contribution in [0, 0.1) is 0 Å². The van der Waals surface area contributed by atoms with E-state index >= 15 is 0 Å². The molecule has 0 saturated carbocycles. The van der Waals surface area contributed by atoms with Gasteiger partial charge in [0.25, 0.3) is 0 Å². The van der Waals surface area contributed by atoms with Crippen LogP contribution in [-0.2, 0) is 14.3 Å². The van der Waals surface area contributed by atoms with Gasteiger partial charge in [-0.3, -0.25) is 9.59 Å². The van der Waals surface area contributed by atoms with E-state index in [0.717, 1.165) is 57.8 Å². The van der Waals surface area contributed by atoms with E-state index in [9.17, 15) is 19.8 Å². The molecule has 3 N–H and O–H groups in total. The summed E-state index contributed by atoms with van der Waals surface area (Å²) in [7, 11) is 0. The molecular weight excluding hydrogens is 851 g/mol. The van der Waals surface area contributed by atoms with Crippen LogP contribution in [0.2, 0.25) is 0 Å². The zero-order valence-corrected chi connectivity index (χ0v) is 46.6. The van der Waals surface area contributed by atoms with Gasteiger partial charge in [-0.15, -0.1) is 0 Å². The van der Waals surface area contributed by atoms with E-state index in [2.05, 4.69) is 43.5 Å². The van der Waals surface area contributed by atoms with E-state index < -0.39 is 12.1 Å². The first-order valence-electron chi connectivity index (χ1n) is 31.1. The number of unbranched alkanes of at least 4 members (excludes halogenated alkanes) is 43. The lowest BCUT2D eigenvalue weighted by atomic mass is 10.0. The summed E-state index contributed by atoms with van der Waals surface area (Å²) in [6, 6.07) is -0.550. The van der Waals surface area contributed by atoms with Gasteiger partial charge >= 0.3 is 5.97 Å². The third kappa shape index (κ3) is 55.5. The monoisotopic (exact) mass is 972 g/mol. The van der Waals surface area contributed by atoms with Crippen molar-refractivity contribution in [2.24, 2.45) is 0 Å². The molecule has 0 rings (SSSR count). The summed E-state index contributed by atoms with van der Waals surface area (Å²) in [5.74, 6) is -0.0535. The SMILES string of the molecule is CCCC/C=C\C/C=C\CCCCCCCC(=O)OCCCCCCCCCCCCCCCCCC(=O)NC(CO)C(O)CCCCCCCCCCCCCCCCCCCCCCCCC. The Balaban J connectivity index is 3.43. The van der Waals surface area contributed by atoms with Gasteiger partial charge in [-0.05, 0) is 51.4 Å². The lowest BCUT2D eigenvalue weighted by Gasteiger charge is -2.22. The summed E-state index contributed by atoms with van der Waals surface area (Å²) in [5.41, 5.74) is 0. The summed E-state index contributed by atoms with van der Waals surface area (Å²) in [4.78, 5) is 24.6. The third-order valence-electron chi connectivity index (χ3n) is 14.5. The minimum absolute atomic E-state index is 0.0130. The largest absolute Gasteiger partial charge is 0.466 e. The van der Waals surface area contributed by atoms with Gasteiger partial charge < -0.3 is 20.3 Å². The Morgan fingerprint density at radius 1 is 0.406 bits per heavy atom. The molecule has 0 aromatic carbocycles. The number of hydrogen-bond acceptors (Lipinski definition) is 5. The number of amides is 1. The molecule has 0 aliphatic carbocycles. The number of hydrogen-bond donors (Lipinski definition) is 3. The molecule has 6 nitrogen and oxygen atoms in total. The average molecular weight is 973 g/mol. The summed E-state index contributed by atoms with van der Waals surface area (Å²) in [5, 5.41) is 23.4. The fraction of sp³-hybridized carbons (Fsp3) is 0.905. The molecule has 0 fully saturated rings. The average Bonchev–Trinajstić information content (AvgIpc) is 3.35. The minimum Gasteiger partial charge on any atom is -0.466 e. The predicted molar refractivity (Wildman–Crippen MR) is 301 cm³/mol. The van der Waals surface area contributed by atoms with Crippen LogP contribution in [-0.4, -0.2) is 47.4 Å². The maximum absolute atomic E-state index is 12.5. The number of carbonyl (C=O) groups excluding carboxylic acids is 2. The van der Waals surface area contributed by atoms with Crippen molar-refractivity contribution in [2.45, 2.75) is 353 Å². The smallest absolute Gasteiger partial charge is 0.305 e. The fourth-order valence-electron chi connectivity index (χ4n) is 9.72. The molecule has 0 bridgehead atoms. The Kier molecular flexibility index (Phi) is 57.5. The number of ether oxygens (including phenoxy) is 1. The Morgan fingerprint density at radius 3 is 1.14 bits per heavy atom. The van der Waals surface area contributed by atoms with E-state index in [-0.39, 0.29) is 18.5 Å². The van der Waals surface area contributed by atoms with Gasteiger partial charge in [-0.25, -0.2) is 0 Å². The van der Waals surface area contributed by atoms with Crippen molar-refractivity contribution in [3.05, 3.63) is 24.3 Å². The molecule has 0 spiro atoms. The minimum atomic E-state index is -0.672. The quantitative estimate of drug-likeness (QED) is 0.0321. The first-order valence-corrected chi connectivity index (χ1v) is 31.1. The van der Waals surface area contributed by atoms with Crippen LogP contribution >= 0.6 is 0 Å². The number of aliphatic hydroxyl groups excluding tert-OH is 2. The highest BCUT2D eigenvalue weighted by atomic mass is 16.5. The van der Waals surface area contributed by atoms with Crippen LogP contribution < -0.4 is 5.32 Å². The second kappa shape index (κ2) is 58.9. The summed E-state index contributed by atoms with van der Waals surface area (Å²) in [6.07, 6.45) is 71.8. The maximum Gasteiger partial charge on any atom is 0.305 e. The lowest BCUT2D eigenvalue weighted by molar-refractivity contribution is -0.143. The lowest BCUT2D eigenvalue weighted by Crippen LogP contribution is -2.45. The van der Waals surface area contributed by atoms with Crippen molar-refractivity contribution in [3.8, 4) is 0 Å². The molecule has 2 atom stereocenters. The Bertz CT molecular complexity index is 1080. The summed E-state index contributed by atoms with van der Waals surface area (Å²) < 4.78 is 5.47. The number of rotatable bonds is 58. The van der Waals surface area contributed by atoms with E-state index in [0.29, 0.717) is 25.9 Å². The maximum atomic E-state index is 12.5. The molecule has 0 saturated heterocycles. The number of aliphatic hydroxyl groups is 2. The predicted octanol–water partition coefficient (Wildman–Crippen LogP) is 19.4. The van der Waals surface area contributed by atoms with E-state index in [4.69, 9.17) is 4.74 Å². The Labute approximate surface area is 431 Å². The van der Waals surface area contributed by atoms with Gasteiger partial charge in [0.05, 0.1) is 25.4 Å². The number of carbonyl (C=O) groups is 2. The first-order chi connectivity index (χ1) is 34.0. The number of allylic oxidation sites excluding steroid dienone is 4. The highest BCUT2D eigenvalue weighted by Crippen LogP contribution is 2.18. The van der Waals surface area contributed by atoms with Gasteiger partial charge in [0.1, 0.15) is 0 Å². The molecule has 0 aliphatic heterocycles. The van der Waals surface area contributed by atoms with Crippen LogP contribution in [0.3, 0.4) is 0 Å². The second-order valence-electron chi connectivity index (χ2n) is 21.4. The molecule has 0 heterocycles. The molecule has 0 aliphatic rings. The van der Waals surface area contributed by atoms with Crippen molar-refractivity contribution in [1.29, 1.82) is 0 Å². The topological polar surface area (TPSA) is 95.9 Å². The van der Waals surface area contributed by atoms with Gasteiger partial charge in [0.2, 0.25) is 5.91 Å².